The van der Waals surface area contributed by atoms with E-state index in [9.17, 15) is 13.9 Å². The van der Waals surface area contributed by atoms with Crippen LogP contribution in [-0.2, 0) is 0 Å². The molecule has 0 spiro atoms. The van der Waals surface area contributed by atoms with E-state index in [4.69, 9.17) is 16.0 Å². The number of hydrogen-bond acceptors (Lipinski definition) is 4. The van der Waals surface area contributed by atoms with E-state index in [0.717, 1.165) is 17.7 Å². The maximum absolute atomic E-state index is 13.5. The zero-order valence-electron chi connectivity index (χ0n) is 14.6. The number of halogens is 3. The fraction of sp³-hybridized carbons (Fsp3) is 0.0476. The predicted molar refractivity (Wildman–Crippen MR) is 104 cm³/mol. The molecule has 4 aromatic rings. The molecule has 3 aromatic carbocycles. The molecular formula is C21H13ClF2N2O2. The van der Waals surface area contributed by atoms with Crippen molar-refractivity contribution in [3.8, 4) is 17.2 Å². The lowest BCUT2D eigenvalue weighted by Crippen LogP contribution is -1.87. The Morgan fingerprint density at radius 2 is 1.86 bits per heavy atom. The quantitative estimate of drug-likeness (QED) is 0.330. The largest absolute Gasteiger partial charge is 0.507 e. The highest BCUT2D eigenvalue weighted by Gasteiger charge is 2.15. The topological polar surface area (TPSA) is 58.6 Å². The number of aromatic nitrogens is 1. The Kier molecular flexibility index (Phi) is 4.57. The lowest BCUT2D eigenvalue weighted by molar-refractivity contribution is 0.474. The number of aromatic hydroxyl groups is 1. The van der Waals surface area contributed by atoms with Crippen molar-refractivity contribution in [1.82, 2.24) is 4.98 Å². The molecule has 4 nitrogen and oxygen atoms in total. The highest BCUT2D eigenvalue weighted by atomic mass is 35.5. The first-order chi connectivity index (χ1) is 13.4. The maximum Gasteiger partial charge on any atom is 0.228 e. The Morgan fingerprint density at radius 3 is 2.68 bits per heavy atom. The summed E-state index contributed by atoms with van der Waals surface area (Å²) in [4.78, 5) is 8.65. The molecule has 0 aliphatic carbocycles. The van der Waals surface area contributed by atoms with Gasteiger partial charge in [-0.25, -0.2) is 13.8 Å². The van der Waals surface area contributed by atoms with Crippen LogP contribution < -0.4 is 0 Å². The molecule has 0 fully saturated rings. The fourth-order valence-electron chi connectivity index (χ4n) is 2.72. The van der Waals surface area contributed by atoms with Gasteiger partial charge in [-0.1, -0.05) is 23.2 Å². The molecule has 140 valence electrons. The summed E-state index contributed by atoms with van der Waals surface area (Å²) in [6.07, 6.45) is 1.55. The zero-order chi connectivity index (χ0) is 19.8. The van der Waals surface area contributed by atoms with Crippen molar-refractivity contribution in [2.24, 2.45) is 4.99 Å². The highest BCUT2D eigenvalue weighted by Crippen LogP contribution is 2.32. The molecule has 0 saturated carbocycles. The molecule has 1 heterocycles. The second kappa shape index (κ2) is 7.05. The third-order valence-electron chi connectivity index (χ3n) is 4.15. The Hall–Kier alpha value is -3.25. The first-order valence-corrected chi connectivity index (χ1v) is 8.68. The minimum absolute atomic E-state index is 0.00127. The van der Waals surface area contributed by atoms with Gasteiger partial charge in [0.25, 0.3) is 0 Å². The summed E-state index contributed by atoms with van der Waals surface area (Å²) in [7, 11) is 0. The van der Waals surface area contributed by atoms with Crippen molar-refractivity contribution in [2.45, 2.75) is 6.92 Å². The lowest BCUT2D eigenvalue weighted by Gasteiger charge is -2.00. The van der Waals surface area contributed by atoms with Crippen LogP contribution in [0.5, 0.6) is 5.75 Å². The summed E-state index contributed by atoms with van der Waals surface area (Å²) in [5.41, 5.74) is 3.27. The van der Waals surface area contributed by atoms with Gasteiger partial charge < -0.3 is 9.52 Å². The zero-order valence-corrected chi connectivity index (χ0v) is 15.3. The highest BCUT2D eigenvalue weighted by molar-refractivity contribution is 6.33. The monoisotopic (exact) mass is 398 g/mol. The van der Waals surface area contributed by atoms with Crippen molar-refractivity contribution < 1.29 is 18.3 Å². The number of aryl methyl sites for hydroxylation is 1. The van der Waals surface area contributed by atoms with Gasteiger partial charge in [0.1, 0.15) is 11.3 Å². The molecule has 0 radical (unpaired) electrons. The molecule has 28 heavy (non-hydrogen) atoms. The molecule has 0 bridgehead atoms. The van der Waals surface area contributed by atoms with Crippen LogP contribution in [0.15, 0.2) is 57.9 Å². The molecular weight excluding hydrogens is 386 g/mol. The van der Waals surface area contributed by atoms with Gasteiger partial charge in [0.2, 0.25) is 5.89 Å². The Labute approximate surface area is 163 Å². The van der Waals surface area contributed by atoms with Gasteiger partial charge in [-0.3, -0.25) is 4.99 Å². The number of benzene rings is 3. The summed E-state index contributed by atoms with van der Waals surface area (Å²) in [6.45, 7) is 1.92. The number of fused-ring (bicyclic) bond motifs is 1. The summed E-state index contributed by atoms with van der Waals surface area (Å²) >= 11 is 5.99. The number of oxazole rings is 1. The standard InChI is InChI=1S/C21H13ClF2N2O2/c1-11-2-4-19(27)12(6-11)10-25-13-3-5-20-18(7-13)26-21(28-20)14-8-16(23)17(24)9-15(14)22/h2-10,27H,1H3. The van der Waals surface area contributed by atoms with Crippen molar-refractivity contribution >= 4 is 34.6 Å². The summed E-state index contributed by atoms with van der Waals surface area (Å²) in [6, 6.07) is 12.1. The Morgan fingerprint density at radius 1 is 1.07 bits per heavy atom. The van der Waals surface area contributed by atoms with Gasteiger partial charge >= 0.3 is 0 Å². The van der Waals surface area contributed by atoms with Crippen LogP contribution in [0.2, 0.25) is 5.02 Å². The SMILES string of the molecule is Cc1ccc(O)c(C=Nc2ccc3oc(-c4cc(F)c(F)cc4Cl)nc3c2)c1. The Bertz CT molecular complexity index is 1230. The van der Waals surface area contributed by atoms with E-state index in [0.29, 0.717) is 22.4 Å². The van der Waals surface area contributed by atoms with Crippen LogP contribution in [0.25, 0.3) is 22.6 Å². The minimum Gasteiger partial charge on any atom is -0.507 e. The van der Waals surface area contributed by atoms with Crippen LogP contribution in [0, 0.1) is 18.6 Å². The van der Waals surface area contributed by atoms with E-state index >= 15 is 0 Å². The minimum atomic E-state index is -1.04. The van der Waals surface area contributed by atoms with E-state index in [1.807, 2.05) is 13.0 Å². The van der Waals surface area contributed by atoms with Gasteiger partial charge in [-0.2, -0.15) is 0 Å². The smallest absolute Gasteiger partial charge is 0.228 e. The van der Waals surface area contributed by atoms with Gasteiger partial charge in [0.05, 0.1) is 16.3 Å². The number of hydrogen-bond donors (Lipinski definition) is 1. The van der Waals surface area contributed by atoms with E-state index in [2.05, 4.69) is 9.98 Å². The summed E-state index contributed by atoms with van der Waals surface area (Å²) in [5.74, 6) is -1.87. The lowest BCUT2D eigenvalue weighted by atomic mass is 10.1. The molecule has 0 atom stereocenters. The average molecular weight is 399 g/mol. The van der Waals surface area contributed by atoms with Crippen molar-refractivity contribution in [3.63, 3.8) is 0 Å². The molecule has 4 rings (SSSR count). The number of phenols is 1. The predicted octanol–water partition coefficient (Wildman–Crippen LogP) is 6.19. The van der Waals surface area contributed by atoms with E-state index < -0.39 is 11.6 Å². The first kappa shape index (κ1) is 18.1. The molecule has 7 heteroatoms. The second-order valence-corrected chi connectivity index (χ2v) is 6.64. The van der Waals surface area contributed by atoms with Crippen LogP contribution >= 0.6 is 11.6 Å². The maximum atomic E-state index is 13.5. The van der Waals surface area contributed by atoms with Crippen LogP contribution in [0.3, 0.4) is 0 Å². The van der Waals surface area contributed by atoms with Crippen molar-refractivity contribution in [3.05, 3.63) is 76.3 Å². The Balaban J connectivity index is 1.70. The van der Waals surface area contributed by atoms with Gasteiger partial charge in [-0.15, -0.1) is 0 Å². The molecule has 0 aliphatic rings. The summed E-state index contributed by atoms with van der Waals surface area (Å²) < 4.78 is 32.4. The number of nitrogens with zero attached hydrogens (tertiary/aromatic N) is 2. The number of aliphatic imine (C=N–C) groups is 1. The number of rotatable bonds is 3. The fourth-order valence-corrected chi connectivity index (χ4v) is 2.95. The third-order valence-corrected chi connectivity index (χ3v) is 4.46. The molecule has 0 saturated heterocycles. The molecule has 0 aliphatic heterocycles. The van der Waals surface area contributed by atoms with E-state index in [1.165, 1.54) is 0 Å². The molecule has 0 unspecified atom stereocenters. The van der Waals surface area contributed by atoms with Gasteiger partial charge in [0, 0.05) is 11.8 Å². The average Bonchev–Trinajstić information content (AvgIpc) is 3.08. The van der Waals surface area contributed by atoms with E-state index in [-0.39, 0.29) is 22.2 Å². The molecule has 1 N–H and O–H groups in total. The van der Waals surface area contributed by atoms with E-state index in [1.54, 1.807) is 36.5 Å². The normalized spacial score (nSPS) is 11.6. The summed E-state index contributed by atoms with van der Waals surface area (Å²) in [5, 5.41) is 9.89. The second-order valence-electron chi connectivity index (χ2n) is 6.24. The van der Waals surface area contributed by atoms with Crippen molar-refractivity contribution in [1.29, 1.82) is 0 Å². The van der Waals surface area contributed by atoms with Crippen LogP contribution in [0.1, 0.15) is 11.1 Å². The first-order valence-electron chi connectivity index (χ1n) is 8.30. The van der Waals surface area contributed by atoms with Crippen LogP contribution in [0.4, 0.5) is 14.5 Å². The third kappa shape index (κ3) is 3.46. The van der Waals surface area contributed by atoms with Crippen molar-refractivity contribution in [2.75, 3.05) is 0 Å². The van der Waals surface area contributed by atoms with Gasteiger partial charge in [0.15, 0.2) is 17.2 Å². The van der Waals surface area contributed by atoms with Gasteiger partial charge in [-0.05, 0) is 49.4 Å². The number of phenolic OH excluding ortho intramolecular Hbond substituents is 1. The van der Waals surface area contributed by atoms with Crippen LogP contribution in [-0.4, -0.2) is 16.3 Å². The molecule has 1 aromatic heterocycles. The molecule has 0 amide bonds.